The minimum atomic E-state index is -2.37. The van der Waals surface area contributed by atoms with Crippen molar-refractivity contribution < 1.29 is 57.2 Å². The quantitative estimate of drug-likeness (QED) is 0.279. The molecule has 0 spiro atoms. The van der Waals surface area contributed by atoms with Crippen LogP contribution < -0.4 is 11.1 Å². The summed E-state index contributed by atoms with van der Waals surface area (Å²) in [5, 5.41) is 2.54. The van der Waals surface area contributed by atoms with Gasteiger partial charge in [-0.25, -0.2) is 4.79 Å². The maximum atomic E-state index is 12.6. The fraction of sp³-hybridized carbons (Fsp3) is 0.700. The van der Waals surface area contributed by atoms with Crippen LogP contribution in [0.4, 0.5) is 0 Å². The number of ether oxygens (including phenoxy) is 6. The first-order valence-corrected chi connectivity index (χ1v) is 10.2. The molecule has 14 nitrogen and oxygen atoms in total. The van der Waals surface area contributed by atoms with E-state index in [0.29, 0.717) is 0 Å². The molecular formula is C20H30N2O12. The van der Waals surface area contributed by atoms with Crippen LogP contribution in [0.25, 0.3) is 0 Å². The van der Waals surface area contributed by atoms with Crippen LogP contribution in [0, 0.1) is 0 Å². The van der Waals surface area contributed by atoms with E-state index in [4.69, 9.17) is 34.2 Å². The van der Waals surface area contributed by atoms with E-state index in [9.17, 15) is 28.8 Å². The van der Waals surface area contributed by atoms with Crippen LogP contribution in [0.5, 0.6) is 0 Å². The maximum Gasteiger partial charge on any atom is 0.379 e. The molecule has 0 unspecified atom stereocenters. The fourth-order valence-corrected chi connectivity index (χ4v) is 3.50. The zero-order valence-corrected chi connectivity index (χ0v) is 19.8. The topological polar surface area (TPSA) is 196 Å². The van der Waals surface area contributed by atoms with Crippen molar-refractivity contribution in [1.29, 1.82) is 0 Å². The van der Waals surface area contributed by atoms with Crippen molar-refractivity contribution in [3.8, 4) is 0 Å². The smallest absolute Gasteiger partial charge is 0.379 e. The molecule has 1 saturated heterocycles. The van der Waals surface area contributed by atoms with E-state index >= 15 is 0 Å². The molecule has 0 aromatic rings. The minimum absolute atomic E-state index is 0.435. The van der Waals surface area contributed by atoms with Crippen molar-refractivity contribution in [1.82, 2.24) is 5.32 Å². The van der Waals surface area contributed by atoms with Gasteiger partial charge in [0.05, 0.1) is 13.2 Å². The number of methoxy groups -OCH3 is 1. The van der Waals surface area contributed by atoms with Gasteiger partial charge in [0.25, 0.3) is 0 Å². The summed E-state index contributed by atoms with van der Waals surface area (Å²) in [5.74, 6) is -7.42. The molecule has 0 saturated carbocycles. The van der Waals surface area contributed by atoms with Crippen molar-refractivity contribution in [3.05, 3.63) is 0 Å². The first-order valence-electron chi connectivity index (χ1n) is 10.2. The molecule has 0 bridgehead atoms. The molecule has 0 aromatic carbocycles. The largest absolute Gasteiger partial charge is 0.464 e. The third-order valence-corrected chi connectivity index (χ3v) is 4.58. The Morgan fingerprint density at radius 1 is 0.971 bits per heavy atom. The third kappa shape index (κ3) is 7.95. The van der Waals surface area contributed by atoms with Crippen LogP contribution in [-0.2, 0) is 57.2 Å². The highest BCUT2D eigenvalue weighted by Gasteiger charge is 2.58. The summed E-state index contributed by atoms with van der Waals surface area (Å²) >= 11 is 0. The Labute approximate surface area is 195 Å². The molecule has 1 amide bonds. The number of esters is 5. The van der Waals surface area contributed by atoms with Gasteiger partial charge in [-0.05, 0) is 0 Å². The highest BCUT2D eigenvalue weighted by Crippen LogP contribution is 2.35. The van der Waals surface area contributed by atoms with Crippen LogP contribution >= 0.6 is 0 Å². The van der Waals surface area contributed by atoms with Crippen molar-refractivity contribution >= 4 is 35.8 Å². The van der Waals surface area contributed by atoms with E-state index in [1.807, 2.05) is 0 Å². The van der Waals surface area contributed by atoms with Gasteiger partial charge in [-0.1, -0.05) is 0 Å². The first-order chi connectivity index (χ1) is 15.7. The molecule has 14 heteroatoms. The summed E-state index contributed by atoms with van der Waals surface area (Å²) < 4.78 is 31.1. The summed E-state index contributed by atoms with van der Waals surface area (Å²) in [4.78, 5) is 71.3. The first kappa shape index (κ1) is 28.8. The van der Waals surface area contributed by atoms with Gasteiger partial charge in [-0.2, -0.15) is 0 Å². The lowest BCUT2D eigenvalue weighted by molar-refractivity contribution is -0.292. The number of nitrogens with two attached hydrogens (primary N) is 1. The number of nitrogens with one attached hydrogen (secondary N) is 1. The molecule has 1 heterocycles. The van der Waals surface area contributed by atoms with Gasteiger partial charge in [-0.15, -0.1) is 0 Å². The van der Waals surface area contributed by atoms with E-state index in [2.05, 4.69) is 5.32 Å². The molecule has 0 aliphatic carbocycles. The van der Waals surface area contributed by atoms with Crippen LogP contribution in [0.1, 0.15) is 41.0 Å². The summed E-state index contributed by atoms with van der Waals surface area (Å²) in [7, 11) is 1.02. The summed E-state index contributed by atoms with van der Waals surface area (Å²) in [6, 6.07) is -2.24. The lowest BCUT2D eigenvalue weighted by Crippen LogP contribution is -2.70. The Balaban J connectivity index is 3.64. The Bertz CT molecular complexity index is 815. The van der Waals surface area contributed by atoms with E-state index in [0.717, 1.165) is 34.8 Å². The number of carbonyl (C=O) groups excluding carboxylic acids is 6. The molecule has 6 atom stereocenters. The van der Waals surface area contributed by atoms with Gasteiger partial charge in [0.15, 0.2) is 12.2 Å². The van der Waals surface area contributed by atoms with Crippen LogP contribution in [0.15, 0.2) is 0 Å². The highest BCUT2D eigenvalue weighted by molar-refractivity contribution is 5.82. The monoisotopic (exact) mass is 490 g/mol. The van der Waals surface area contributed by atoms with Crippen LogP contribution in [-0.4, -0.2) is 85.7 Å². The molecule has 0 aromatic heterocycles. The summed E-state index contributed by atoms with van der Waals surface area (Å²) in [6.45, 7) is 4.82. The van der Waals surface area contributed by atoms with Gasteiger partial charge >= 0.3 is 35.6 Å². The van der Waals surface area contributed by atoms with Gasteiger partial charge in [0, 0.05) is 47.1 Å². The lowest BCUT2D eigenvalue weighted by Gasteiger charge is -2.47. The van der Waals surface area contributed by atoms with Gasteiger partial charge in [-0.3, -0.25) is 24.0 Å². The lowest BCUT2D eigenvalue weighted by atomic mass is 9.87. The average molecular weight is 490 g/mol. The summed E-state index contributed by atoms with van der Waals surface area (Å²) in [5.41, 5.74) is 6.23. The second kappa shape index (κ2) is 12.3. The van der Waals surface area contributed by atoms with Crippen LogP contribution in [0.2, 0.25) is 0 Å². The van der Waals surface area contributed by atoms with E-state index in [-0.39, 0.29) is 0 Å². The Morgan fingerprint density at radius 2 is 1.56 bits per heavy atom. The normalized spacial score (nSPS) is 25.7. The molecule has 1 aliphatic heterocycles. The zero-order valence-electron chi connectivity index (χ0n) is 19.8. The maximum absolute atomic E-state index is 12.6. The van der Waals surface area contributed by atoms with Gasteiger partial charge in [0.2, 0.25) is 5.91 Å². The van der Waals surface area contributed by atoms with Crippen LogP contribution in [0.3, 0.4) is 0 Å². The Morgan fingerprint density at radius 3 is 2.00 bits per heavy atom. The van der Waals surface area contributed by atoms with Crippen molar-refractivity contribution in [3.63, 3.8) is 0 Å². The Hall–Kier alpha value is -3.26. The van der Waals surface area contributed by atoms with Gasteiger partial charge < -0.3 is 39.5 Å². The second-order valence-electron chi connectivity index (χ2n) is 7.54. The van der Waals surface area contributed by atoms with Gasteiger partial charge in [0.1, 0.15) is 12.7 Å². The number of carbonyl (C=O) groups is 6. The second-order valence-corrected chi connectivity index (χ2v) is 7.54. The molecule has 3 N–H and O–H groups in total. The molecular weight excluding hydrogens is 460 g/mol. The number of rotatable bonds is 9. The number of hydrogen-bond acceptors (Lipinski definition) is 13. The molecule has 1 fully saturated rings. The highest BCUT2D eigenvalue weighted by atomic mass is 16.8. The predicted molar refractivity (Wildman–Crippen MR) is 109 cm³/mol. The Kier molecular flexibility index (Phi) is 10.4. The zero-order chi connectivity index (χ0) is 26.2. The van der Waals surface area contributed by atoms with E-state index in [1.165, 1.54) is 6.92 Å². The fourth-order valence-electron chi connectivity index (χ4n) is 3.50. The average Bonchev–Trinajstić information content (AvgIpc) is 2.69. The SMILES string of the molecule is COC(=O)[C@]1(OC(C)=O)C[C@H](N)[C@@H](NC(C)=O)[C@H]([C@H](OC(C)=O)[C@@H](COC(C)=O)OC(C)=O)O1. The van der Waals surface area contributed by atoms with Crippen molar-refractivity contribution in [2.75, 3.05) is 13.7 Å². The van der Waals surface area contributed by atoms with Crippen molar-refractivity contribution in [2.24, 2.45) is 5.73 Å². The summed E-state index contributed by atoms with van der Waals surface area (Å²) in [6.07, 6.45) is -5.00. The predicted octanol–water partition coefficient (Wildman–Crippen LogP) is -1.53. The molecule has 1 aliphatic rings. The number of hydrogen-bond donors (Lipinski definition) is 2. The van der Waals surface area contributed by atoms with E-state index in [1.54, 1.807) is 0 Å². The van der Waals surface area contributed by atoms with E-state index < -0.39 is 85.0 Å². The molecule has 1 rings (SSSR count). The minimum Gasteiger partial charge on any atom is -0.464 e. The molecule has 0 radical (unpaired) electrons. The molecule has 192 valence electrons. The number of amides is 1. The third-order valence-electron chi connectivity index (χ3n) is 4.58. The standard InChI is InChI=1S/C20H30N2O12/c1-9(23)22-16-14(21)7-20(19(28)29-6,33-13(5)27)34-18(16)17(32-12(4)26)15(31-11(3)25)8-30-10(2)24/h14-18H,7-8,21H2,1-6H3,(H,22,23)/t14-,15+,16+,17+,18+,20-/m0/s1. The van der Waals surface area contributed by atoms with Crippen molar-refractivity contribution in [2.45, 2.75) is 77.2 Å². The molecule has 34 heavy (non-hydrogen) atoms.